The molecule has 2 N–H and O–H groups in total. The van der Waals surface area contributed by atoms with Crippen molar-refractivity contribution >= 4 is 52.0 Å². The Hall–Kier alpha value is -2.15. The molecule has 0 amide bonds. The Morgan fingerprint density at radius 1 is 1.08 bits per heavy atom. The molecule has 0 atom stereocenters. The standard InChI is InChI=1S/C17H13Cl2FN4S/c18-14-7-2-1-4-11(14)9-24-10-15(19)16(23-24)22-17(25)21-13-6-3-5-12(20)8-13/h1-8,10H,9H2,(H2,21,22,23,25). The fourth-order valence-electron chi connectivity index (χ4n) is 2.20. The van der Waals surface area contributed by atoms with E-state index in [4.69, 9.17) is 35.4 Å². The Labute approximate surface area is 159 Å². The summed E-state index contributed by atoms with van der Waals surface area (Å²) >= 11 is 17.6. The number of benzene rings is 2. The van der Waals surface area contributed by atoms with Crippen LogP contribution in [0.15, 0.2) is 54.7 Å². The summed E-state index contributed by atoms with van der Waals surface area (Å²) < 4.78 is 14.9. The Balaban J connectivity index is 1.68. The van der Waals surface area contributed by atoms with Crippen LogP contribution in [-0.2, 0) is 6.54 Å². The van der Waals surface area contributed by atoms with Gasteiger partial charge in [0.25, 0.3) is 0 Å². The largest absolute Gasteiger partial charge is 0.332 e. The minimum atomic E-state index is -0.352. The summed E-state index contributed by atoms with van der Waals surface area (Å²) in [6.45, 7) is 0.477. The van der Waals surface area contributed by atoms with Crippen molar-refractivity contribution in [2.45, 2.75) is 6.54 Å². The van der Waals surface area contributed by atoms with Crippen LogP contribution in [0.25, 0.3) is 0 Å². The van der Waals surface area contributed by atoms with Gasteiger partial charge in [-0.15, -0.1) is 0 Å². The van der Waals surface area contributed by atoms with E-state index in [0.717, 1.165) is 5.56 Å². The number of nitrogens with zero attached hydrogens (tertiary/aromatic N) is 2. The molecular formula is C17H13Cl2FN4S. The molecule has 1 heterocycles. The highest BCUT2D eigenvalue weighted by molar-refractivity contribution is 7.80. The maximum absolute atomic E-state index is 13.2. The van der Waals surface area contributed by atoms with Crippen molar-refractivity contribution in [3.8, 4) is 0 Å². The van der Waals surface area contributed by atoms with Crippen molar-refractivity contribution in [2.24, 2.45) is 0 Å². The van der Waals surface area contributed by atoms with Gasteiger partial charge in [0.1, 0.15) is 10.8 Å². The predicted molar refractivity (Wildman–Crippen MR) is 104 cm³/mol. The fraction of sp³-hybridized carbons (Fsp3) is 0.0588. The molecule has 0 aliphatic rings. The summed E-state index contributed by atoms with van der Waals surface area (Å²) in [6.07, 6.45) is 1.68. The lowest BCUT2D eigenvalue weighted by Gasteiger charge is -2.09. The van der Waals surface area contributed by atoms with Gasteiger partial charge in [-0.1, -0.05) is 47.5 Å². The van der Waals surface area contributed by atoms with E-state index in [1.54, 1.807) is 23.0 Å². The van der Waals surface area contributed by atoms with Gasteiger partial charge in [-0.05, 0) is 42.0 Å². The van der Waals surface area contributed by atoms with Gasteiger partial charge >= 0.3 is 0 Å². The highest BCUT2D eigenvalue weighted by atomic mass is 35.5. The van der Waals surface area contributed by atoms with E-state index >= 15 is 0 Å². The summed E-state index contributed by atoms with van der Waals surface area (Å²) in [5.74, 6) is 0.0532. The number of hydrogen-bond acceptors (Lipinski definition) is 2. The second kappa shape index (κ2) is 7.82. The maximum atomic E-state index is 13.2. The summed E-state index contributed by atoms with van der Waals surface area (Å²) in [4.78, 5) is 0. The van der Waals surface area contributed by atoms with E-state index in [-0.39, 0.29) is 10.9 Å². The third kappa shape index (κ3) is 4.69. The topological polar surface area (TPSA) is 41.9 Å². The highest BCUT2D eigenvalue weighted by Gasteiger charge is 2.10. The summed E-state index contributed by atoms with van der Waals surface area (Å²) in [6, 6.07) is 13.5. The first-order valence-corrected chi connectivity index (χ1v) is 8.47. The molecule has 0 bridgehead atoms. The van der Waals surface area contributed by atoms with Gasteiger partial charge < -0.3 is 10.6 Å². The van der Waals surface area contributed by atoms with Crippen molar-refractivity contribution < 1.29 is 4.39 Å². The van der Waals surface area contributed by atoms with Crippen LogP contribution in [0.5, 0.6) is 0 Å². The number of aromatic nitrogens is 2. The number of rotatable bonds is 4. The van der Waals surface area contributed by atoms with E-state index in [2.05, 4.69) is 15.7 Å². The van der Waals surface area contributed by atoms with E-state index in [0.29, 0.717) is 28.1 Å². The molecule has 1 aromatic heterocycles. The van der Waals surface area contributed by atoms with Gasteiger partial charge in [0, 0.05) is 16.9 Å². The first-order chi connectivity index (χ1) is 12.0. The lowest BCUT2D eigenvalue weighted by molar-refractivity contribution is 0.628. The zero-order valence-electron chi connectivity index (χ0n) is 12.8. The Kier molecular flexibility index (Phi) is 5.53. The number of anilines is 2. The number of hydrogen-bond donors (Lipinski definition) is 2. The molecule has 128 valence electrons. The molecule has 0 aliphatic heterocycles. The molecule has 0 radical (unpaired) electrons. The lowest BCUT2D eigenvalue weighted by atomic mass is 10.2. The van der Waals surface area contributed by atoms with E-state index in [9.17, 15) is 4.39 Å². The van der Waals surface area contributed by atoms with Gasteiger partial charge in [-0.3, -0.25) is 4.68 Å². The molecule has 0 fully saturated rings. The summed E-state index contributed by atoms with van der Waals surface area (Å²) in [7, 11) is 0. The van der Waals surface area contributed by atoms with Crippen molar-refractivity contribution in [1.82, 2.24) is 9.78 Å². The Morgan fingerprint density at radius 2 is 1.88 bits per heavy atom. The van der Waals surface area contributed by atoms with Gasteiger partial charge in [-0.2, -0.15) is 5.10 Å². The maximum Gasteiger partial charge on any atom is 0.176 e. The average Bonchev–Trinajstić information content (AvgIpc) is 2.89. The molecule has 2 aromatic carbocycles. The Bertz CT molecular complexity index is 913. The van der Waals surface area contributed by atoms with E-state index in [1.807, 2.05) is 24.3 Å². The molecule has 0 unspecified atom stereocenters. The third-order valence-corrected chi connectivity index (χ3v) is 4.17. The highest BCUT2D eigenvalue weighted by Crippen LogP contribution is 2.22. The van der Waals surface area contributed by atoms with E-state index in [1.165, 1.54) is 12.1 Å². The van der Waals surface area contributed by atoms with Crippen LogP contribution >= 0.6 is 35.4 Å². The van der Waals surface area contributed by atoms with Crippen molar-refractivity contribution in [3.63, 3.8) is 0 Å². The van der Waals surface area contributed by atoms with Crippen LogP contribution < -0.4 is 10.6 Å². The molecule has 0 spiro atoms. The number of halogens is 3. The second-order valence-electron chi connectivity index (χ2n) is 5.20. The molecule has 3 rings (SSSR count). The van der Waals surface area contributed by atoms with Gasteiger partial charge in [0.15, 0.2) is 10.9 Å². The number of nitrogens with one attached hydrogen (secondary N) is 2. The second-order valence-corrected chi connectivity index (χ2v) is 6.43. The zero-order chi connectivity index (χ0) is 17.8. The van der Waals surface area contributed by atoms with Crippen LogP contribution in [0.2, 0.25) is 10.0 Å². The van der Waals surface area contributed by atoms with Crippen LogP contribution in [0.3, 0.4) is 0 Å². The molecule has 25 heavy (non-hydrogen) atoms. The first-order valence-electron chi connectivity index (χ1n) is 7.31. The number of thiocarbonyl (C=S) groups is 1. The normalized spacial score (nSPS) is 10.5. The van der Waals surface area contributed by atoms with Crippen molar-refractivity contribution in [1.29, 1.82) is 0 Å². The molecule has 0 saturated heterocycles. The average molecular weight is 395 g/mol. The molecular weight excluding hydrogens is 382 g/mol. The summed E-state index contributed by atoms with van der Waals surface area (Å²) in [5.41, 5.74) is 1.46. The van der Waals surface area contributed by atoms with Gasteiger partial charge in [0.05, 0.1) is 6.54 Å². The van der Waals surface area contributed by atoms with Crippen LogP contribution in [0.1, 0.15) is 5.56 Å². The quantitative estimate of drug-likeness (QED) is 0.597. The first kappa shape index (κ1) is 17.7. The SMILES string of the molecule is Fc1cccc(NC(=S)Nc2nn(Cc3ccccc3Cl)cc2Cl)c1. The van der Waals surface area contributed by atoms with Crippen LogP contribution in [0, 0.1) is 5.82 Å². The molecule has 8 heteroatoms. The molecule has 4 nitrogen and oxygen atoms in total. The van der Waals surface area contributed by atoms with Crippen LogP contribution in [0.4, 0.5) is 15.9 Å². The summed E-state index contributed by atoms with van der Waals surface area (Å²) in [5, 5.41) is 11.5. The lowest BCUT2D eigenvalue weighted by Crippen LogP contribution is -2.19. The van der Waals surface area contributed by atoms with Gasteiger partial charge in [-0.25, -0.2) is 4.39 Å². The smallest absolute Gasteiger partial charge is 0.176 e. The minimum absolute atomic E-state index is 0.260. The molecule has 0 aliphatic carbocycles. The van der Waals surface area contributed by atoms with Crippen molar-refractivity contribution in [3.05, 3.63) is 76.2 Å². The fourth-order valence-corrected chi connectivity index (χ4v) is 2.81. The third-order valence-electron chi connectivity index (χ3n) is 3.32. The molecule has 3 aromatic rings. The van der Waals surface area contributed by atoms with Crippen LogP contribution in [-0.4, -0.2) is 14.9 Å². The van der Waals surface area contributed by atoms with E-state index < -0.39 is 0 Å². The van der Waals surface area contributed by atoms with Crippen molar-refractivity contribution in [2.75, 3.05) is 10.6 Å². The minimum Gasteiger partial charge on any atom is -0.332 e. The Morgan fingerprint density at radius 3 is 2.64 bits per heavy atom. The monoisotopic (exact) mass is 394 g/mol. The molecule has 0 saturated carbocycles. The predicted octanol–water partition coefficient (Wildman–Crippen LogP) is 5.19. The van der Waals surface area contributed by atoms with Gasteiger partial charge in [0.2, 0.25) is 0 Å². The zero-order valence-corrected chi connectivity index (χ0v) is 15.2.